The first-order valence-electron chi connectivity index (χ1n) is 15.0. The topological polar surface area (TPSA) is 74.3 Å². The molecular formula is C37H28ClN5O3S2. The molecule has 1 aliphatic rings. The van der Waals surface area contributed by atoms with Gasteiger partial charge in [-0.3, -0.25) is 19.2 Å². The molecule has 2 aromatic heterocycles. The second kappa shape index (κ2) is 13.2. The molecule has 0 radical (unpaired) electrons. The summed E-state index contributed by atoms with van der Waals surface area (Å²) < 4.78 is 11.3. The monoisotopic (exact) mass is 689 g/mol. The summed E-state index contributed by atoms with van der Waals surface area (Å²) in [5.41, 5.74) is 5.21. The molecule has 1 amide bonds. The van der Waals surface area contributed by atoms with Gasteiger partial charge in [0.2, 0.25) is 0 Å². The number of ether oxygens (including phenoxy) is 1. The second-order valence-electron chi connectivity index (χ2n) is 11.0. The molecule has 0 atom stereocenters. The van der Waals surface area contributed by atoms with Crippen molar-refractivity contribution >= 4 is 57.6 Å². The minimum Gasteiger partial charge on any atom is -0.489 e. The standard InChI is InChI=1S/C37H28ClN5O3S2/c1-24-34(36(45)43(40(24)2)29-14-7-4-8-15-29)42-35(44)32(48-37(42)47)21-27-22-41(28-12-5-3-6-13-28)39-33(27)25-17-19-30(20-18-25)46-23-26-11-9-10-16-31(26)38/h3-22H,23H2,1-2H3/b32-21-. The Morgan fingerprint density at radius 3 is 2.21 bits per heavy atom. The van der Waals surface area contributed by atoms with Crippen molar-refractivity contribution in [2.24, 2.45) is 7.05 Å². The number of hydrogen-bond acceptors (Lipinski definition) is 6. The van der Waals surface area contributed by atoms with E-state index in [2.05, 4.69) is 0 Å². The molecule has 0 saturated carbocycles. The fourth-order valence-electron chi connectivity index (χ4n) is 5.53. The number of carbonyl (C=O) groups excluding carboxylic acids is 1. The molecule has 0 aliphatic carbocycles. The molecule has 1 aliphatic heterocycles. The van der Waals surface area contributed by atoms with E-state index in [4.69, 9.17) is 33.7 Å². The number of benzene rings is 4. The average Bonchev–Trinajstić information content (AvgIpc) is 3.72. The minimum atomic E-state index is -0.363. The lowest BCUT2D eigenvalue weighted by Crippen LogP contribution is -2.33. The number of hydrogen-bond donors (Lipinski definition) is 0. The van der Waals surface area contributed by atoms with Gasteiger partial charge >= 0.3 is 0 Å². The minimum absolute atomic E-state index is 0.236. The molecule has 8 nitrogen and oxygen atoms in total. The van der Waals surface area contributed by atoms with Crippen LogP contribution in [0.2, 0.25) is 5.02 Å². The van der Waals surface area contributed by atoms with Crippen molar-refractivity contribution in [3.63, 3.8) is 0 Å². The van der Waals surface area contributed by atoms with Crippen LogP contribution in [0.5, 0.6) is 5.75 Å². The highest BCUT2D eigenvalue weighted by Crippen LogP contribution is 2.38. The summed E-state index contributed by atoms with van der Waals surface area (Å²) in [6.07, 6.45) is 3.67. The maximum absolute atomic E-state index is 14.0. The van der Waals surface area contributed by atoms with Crippen molar-refractivity contribution in [2.45, 2.75) is 13.5 Å². The van der Waals surface area contributed by atoms with Crippen LogP contribution in [0.15, 0.2) is 125 Å². The molecule has 0 bridgehead atoms. The Bertz CT molecular complexity index is 2260. The van der Waals surface area contributed by atoms with Crippen molar-refractivity contribution in [2.75, 3.05) is 4.90 Å². The van der Waals surface area contributed by atoms with Gasteiger partial charge in [0.15, 0.2) is 4.32 Å². The fourth-order valence-corrected chi connectivity index (χ4v) is 6.98. The molecule has 0 spiro atoms. The normalized spacial score (nSPS) is 13.9. The van der Waals surface area contributed by atoms with Crippen molar-refractivity contribution in [3.05, 3.63) is 152 Å². The van der Waals surface area contributed by atoms with E-state index in [-0.39, 0.29) is 21.5 Å². The maximum atomic E-state index is 14.0. The molecule has 4 aromatic carbocycles. The number of halogens is 1. The van der Waals surface area contributed by atoms with Crippen LogP contribution in [0, 0.1) is 6.92 Å². The smallest absolute Gasteiger partial charge is 0.296 e. The number of anilines is 1. The zero-order chi connectivity index (χ0) is 33.4. The van der Waals surface area contributed by atoms with Crippen molar-refractivity contribution in [1.29, 1.82) is 0 Å². The van der Waals surface area contributed by atoms with Crippen LogP contribution in [-0.4, -0.2) is 29.4 Å². The van der Waals surface area contributed by atoms with Crippen LogP contribution >= 0.6 is 35.6 Å². The second-order valence-corrected chi connectivity index (χ2v) is 13.1. The predicted octanol–water partition coefficient (Wildman–Crippen LogP) is 7.98. The third kappa shape index (κ3) is 5.90. The number of nitrogens with zero attached hydrogens (tertiary/aromatic N) is 5. The van der Waals surface area contributed by atoms with Gasteiger partial charge in [-0.2, -0.15) is 5.10 Å². The van der Waals surface area contributed by atoms with Gasteiger partial charge in [-0.25, -0.2) is 9.36 Å². The first kappa shape index (κ1) is 31.4. The van der Waals surface area contributed by atoms with E-state index < -0.39 is 0 Å². The number of para-hydroxylation sites is 2. The van der Waals surface area contributed by atoms with Crippen LogP contribution in [-0.2, 0) is 18.4 Å². The van der Waals surface area contributed by atoms with E-state index in [0.717, 1.165) is 34.1 Å². The Balaban J connectivity index is 1.23. The SMILES string of the molecule is Cc1c(N2C(=O)/C(=C/c3cn(-c4ccccc4)nc3-c3ccc(OCc4ccccc4Cl)cc3)SC2=S)c(=O)n(-c2ccccc2)n1C. The van der Waals surface area contributed by atoms with Gasteiger partial charge < -0.3 is 4.74 Å². The van der Waals surface area contributed by atoms with Crippen molar-refractivity contribution in [3.8, 4) is 28.4 Å². The lowest BCUT2D eigenvalue weighted by molar-refractivity contribution is -0.113. The molecule has 1 saturated heterocycles. The largest absolute Gasteiger partial charge is 0.489 e. The molecule has 0 N–H and O–H groups in total. The van der Waals surface area contributed by atoms with E-state index in [1.165, 1.54) is 9.58 Å². The third-order valence-corrected chi connectivity index (χ3v) is 9.74. The Labute approximate surface area is 291 Å². The summed E-state index contributed by atoms with van der Waals surface area (Å²) >= 11 is 13.2. The van der Waals surface area contributed by atoms with E-state index in [0.29, 0.717) is 39.4 Å². The first-order valence-corrected chi connectivity index (χ1v) is 16.6. The van der Waals surface area contributed by atoms with Gasteiger partial charge in [-0.1, -0.05) is 90.2 Å². The lowest BCUT2D eigenvalue weighted by Gasteiger charge is -2.12. The van der Waals surface area contributed by atoms with Crippen molar-refractivity contribution in [1.82, 2.24) is 19.1 Å². The van der Waals surface area contributed by atoms with Gasteiger partial charge in [0.05, 0.1) is 27.7 Å². The number of carbonyl (C=O) groups is 1. The quantitative estimate of drug-likeness (QED) is 0.119. The zero-order valence-electron chi connectivity index (χ0n) is 25.9. The molecule has 11 heteroatoms. The fraction of sp³-hybridized carbons (Fsp3) is 0.0811. The number of aromatic nitrogens is 4. The van der Waals surface area contributed by atoms with Crippen LogP contribution in [0.4, 0.5) is 5.69 Å². The highest BCUT2D eigenvalue weighted by Gasteiger charge is 2.38. The Kier molecular flexibility index (Phi) is 8.62. The number of rotatable bonds is 8. The highest BCUT2D eigenvalue weighted by atomic mass is 35.5. The first-order chi connectivity index (χ1) is 23.3. The summed E-state index contributed by atoms with van der Waals surface area (Å²) in [5.74, 6) is 0.320. The molecule has 1 fully saturated rings. The number of thiocarbonyl (C=S) groups is 1. The lowest BCUT2D eigenvalue weighted by atomic mass is 10.1. The summed E-state index contributed by atoms with van der Waals surface area (Å²) in [5, 5.41) is 5.57. The third-order valence-electron chi connectivity index (χ3n) is 8.07. The number of amides is 1. The molecule has 3 heterocycles. The Morgan fingerprint density at radius 2 is 1.52 bits per heavy atom. The molecule has 0 unspecified atom stereocenters. The molecule has 238 valence electrons. The highest BCUT2D eigenvalue weighted by molar-refractivity contribution is 8.27. The van der Waals surface area contributed by atoms with E-state index in [1.54, 1.807) is 22.5 Å². The van der Waals surface area contributed by atoms with E-state index in [1.807, 2.05) is 122 Å². The van der Waals surface area contributed by atoms with Crippen LogP contribution in [0.3, 0.4) is 0 Å². The Morgan fingerprint density at radius 1 is 0.875 bits per heavy atom. The van der Waals surface area contributed by atoms with Crippen molar-refractivity contribution < 1.29 is 9.53 Å². The van der Waals surface area contributed by atoms with Gasteiger partial charge in [-0.15, -0.1) is 0 Å². The number of thioether (sulfide) groups is 1. The van der Waals surface area contributed by atoms with Gasteiger partial charge in [0, 0.05) is 35.0 Å². The zero-order valence-corrected chi connectivity index (χ0v) is 28.3. The van der Waals surface area contributed by atoms with Crippen LogP contribution in [0.1, 0.15) is 16.8 Å². The van der Waals surface area contributed by atoms with Crippen LogP contribution in [0.25, 0.3) is 28.7 Å². The van der Waals surface area contributed by atoms with Gasteiger partial charge in [0.25, 0.3) is 11.5 Å². The van der Waals surface area contributed by atoms with Crippen LogP contribution < -0.4 is 15.2 Å². The summed E-state index contributed by atoms with van der Waals surface area (Å²) in [6.45, 7) is 2.15. The molecule has 6 aromatic rings. The van der Waals surface area contributed by atoms with Gasteiger partial charge in [-0.05, 0) is 67.6 Å². The predicted molar refractivity (Wildman–Crippen MR) is 196 cm³/mol. The summed E-state index contributed by atoms with van der Waals surface area (Å²) in [4.78, 5) is 29.5. The average molecular weight is 690 g/mol. The maximum Gasteiger partial charge on any atom is 0.296 e. The summed E-state index contributed by atoms with van der Waals surface area (Å²) in [6, 6.07) is 34.2. The van der Waals surface area contributed by atoms with Gasteiger partial charge in [0.1, 0.15) is 18.0 Å². The van der Waals surface area contributed by atoms with E-state index in [9.17, 15) is 9.59 Å². The Hall–Kier alpha value is -5.16. The summed E-state index contributed by atoms with van der Waals surface area (Å²) in [7, 11) is 1.79. The van der Waals surface area contributed by atoms with E-state index >= 15 is 0 Å². The molecule has 7 rings (SSSR count). The molecular weight excluding hydrogens is 662 g/mol. The molecule has 48 heavy (non-hydrogen) atoms.